The zero-order chi connectivity index (χ0) is 30.7. The maximum atomic E-state index is 13.6. The normalized spacial score (nSPS) is 14.8. The number of hydrogen-bond donors (Lipinski definition) is 1. The smallest absolute Gasteiger partial charge is 0.416 e. The summed E-state index contributed by atoms with van der Waals surface area (Å²) in [4.78, 5) is 12.9. The van der Waals surface area contributed by atoms with E-state index in [0.717, 1.165) is 23.8 Å². The molecule has 0 radical (unpaired) electrons. The van der Waals surface area contributed by atoms with E-state index in [9.17, 15) is 34.8 Å². The fourth-order valence-electron chi connectivity index (χ4n) is 4.19. The molecule has 4 rings (SSSR count). The van der Waals surface area contributed by atoms with Crippen molar-refractivity contribution in [2.75, 3.05) is 49.6 Å². The highest BCUT2D eigenvalue weighted by Crippen LogP contribution is 2.34. The highest BCUT2D eigenvalue weighted by Gasteiger charge is 2.34. The van der Waals surface area contributed by atoms with Gasteiger partial charge in [-0.3, -0.25) is 9.10 Å². The van der Waals surface area contributed by atoms with Gasteiger partial charge in [-0.05, 0) is 55.5 Å². The average molecular weight is 628 g/mol. The number of halogens is 3. The molecule has 42 heavy (non-hydrogen) atoms. The fourth-order valence-corrected chi connectivity index (χ4v) is 7.04. The summed E-state index contributed by atoms with van der Waals surface area (Å²) in [5.74, 6) is -0.876. The minimum atomic E-state index is -4.77. The average Bonchev–Trinajstić information content (AvgIpc) is 2.96. The van der Waals surface area contributed by atoms with Crippen molar-refractivity contribution in [2.45, 2.75) is 22.9 Å². The first-order valence-corrected chi connectivity index (χ1v) is 15.4. The highest BCUT2D eigenvalue weighted by atomic mass is 32.2. The van der Waals surface area contributed by atoms with Crippen molar-refractivity contribution < 1.29 is 44.3 Å². The number of sulfonamides is 2. The molecule has 0 aromatic heterocycles. The lowest BCUT2D eigenvalue weighted by molar-refractivity contribution is -0.137. The van der Waals surface area contributed by atoms with Gasteiger partial charge in [0.25, 0.3) is 10.0 Å². The minimum Gasteiger partial charge on any atom is -0.495 e. The van der Waals surface area contributed by atoms with Crippen LogP contribution in [0.4, 0.5) is 24.5 Å². The number of methoxy groups -OCH3 is 1. The molecular weight excluding hydrogens is 599 g/mol. The second kappa shape index (κ2) is 12.3. The molecule has 1 N–H and O–H groups in total. The Hall–Kier alpha value is -3.66. The quantitative estimate of drug-likeness (QED) is 0.382. The van der Waals surface area contributed by atoms with Crippen molar-refractivity contribution in [3.8, 4) is 5.75 Å². The number of rotatable bonds is 9. The van der Waals surface area contributed by atoms with Crippen LogP contribution in [-0.2, 0) is 35.8 Å². The molecule has 0 unspecified atom stereocenters. The number of aryl methyl sites for hydroxylation is 1. The summed E-state index contributed by atoms with van der Waals surface area (Å²) in [6.45, 7) is 1.52. The van der Waals surface area contributed by atoms with Gasteiger partial charge >= 0.3 is 6.18 Å². The standard InChI is InChI=1S/C27H28F3N3O7S2/c1-19-6-8-22(9-7-19)42(37,38)33(21-5-3-4-20(16-21)27(28,29)30)18-26(34)31-24-17-23(10-11-25(24)39-2)41(35,36)32-12-14-40-15-13-32/h3-11,16-17H,12-15,18H2,1-2H3,(H,31,34). The number of nitrogens with zero attached hydrogens (tertiary/aromatic N) is 2. The predicted octanol–water partition coefficient (Wildman–Crippen LogP) is 3.88. The van der Waals surface area contributed by atoms with Gasteiger partial charge < -0.3 is 14.8 Å². The molecule has 1 heterocycles. The topological polar surface area (TPSA) is 122 Å². The van der Waals surface area contributed by atoms with Crippen LogP contribution >= 0.6 is 0 Å². The third-order valence-corrected chi connectivity index (χ3v) is 10.1. The van der Waals surface area contributed by atoms with Crippen LogP contribution in [0.2, 0.25) is 0 Å². The van der Waals surface area contributed by atoms with Gasteiger partial charge in [-0.1, -0.05) is 23.8 Å². The molecule has 10 nitrogen and oxygen atoms in total. The van der Waals surface area contributed by atoms with E-state index < -0.39 is 49.9 Å². The predicted molar refractivity (Wildman–Crippen MR) is 148 cm³/mol. The van der Waals surface area contributed by atoms with E-state index in [0.29, 0.717) is 10.4 Å². The molecular formula is C27H28F3N3O7S2. The van der Waals surface area contributed by atoms with Crippen LogP contribution in [0.1, 0.15) is 11.1 Å². The van der Waals surface area contributed by atoms with Gasteiger partial charge in [0, 0.05) is 13.1 Å². The first-order chi connectivity index (χ1) is 19.7. The number of hydrogen-bond acceptors (Lipinski definition) is 7. The molecule has 3 aromatic rings. The summed E-state index contributed by atoms with van der Waals surface area (Å²) in [6, 6.07) is 13.0. The van der Waals surface area contributed by atoms with Crippen LogP contribution in [0, 0.1) is 6.92 Å². The van der Waals surface area contributed by atoms with Crippen molar-refractivity contribution in [3.63, 3.8) is 0 Å². The largest absolute Gasteiger partial charge is 0.495 e. The van der Waals surface area contributed by atoms with Gasteiger partial charge in [-0.25, -0.2) is 16.8 Å². The van der Waals surface area contributed by atoms with Gasteiger partial charge in [0.2, 0.25) is 15.9 Å². The number of amides is 1. The molecule has 0 aliphatic carbocycles. The Morgan fingerprint density at radius 2 is 1.62 bits per heavy atom. The molecule has 3 aromatic carbocycles. The molecule has 0 saturated carbocycles. The van der Waals surface area contributed by atoms with Crippen LogP contribution in [0.5, 0.6) is 5.75 Å². The third-order valence-electron chi connectivity index (χ3n) is 6.41. The van der Waals surface area contributed by atoms with Crippen molar-refractivity contribution in [1.29, 1.82) is 0 Å². The lowest BCUT2D eigenvalue weighted by atomic mass is 10.2. The Kier molecular flexibility index (Phi) is 9.15. The summed E-state index contributed by atoms with van der Waals surface area (Å²) >= 11 is 0. The van der Waals surface area contributed by atoms with Gasteiger partial charge in [0.15, 0.2) is 0 Å². The van der Waals surface area contributed by atoms with Crippen LogP contribution in [0.15, 0.2) is 76.5 Å². The summed E-state index contributed by atoms with van der Waals surface area (Å²) in [5, 5.41) is 2.45. The molecule has 0 spiro atoms. The highest BCUT2D eigenvalue weighted by molar-refractivity contribution is 7.92. The van der Waals surface area contributed by atoms with Crippen LogP contribution < -0.4 is 14.4 Å². The van der Waals surface area contributed by atoms with Crippen LogP contribution in [0.25, 0.3) is 0 Å². The second-order valence-corrected chi connectivity index (χ2v) is 13.1. The molecule has 1 saturated heterocycles. The van der Waals surface area contributed by atoms with E-state index in [1.54, 1.807) is 6.92 Å². The zero-order valence-electron chi connectivity index (χ0n) is 22.6. The maximum Gasteiger partial charge on any atom is 0.416 e. The number of alkyl halides is 3. The molecule has 1 fully saturated rings. The summed E-state index contributed by atoms with van der Waals surface area (Å²) in [5.41, 5.74) is -0.826. The number of nitrogens with one attached hydrogen (secondary N) is 1. The van der Waals surface area contributed by atoms with E-state index >= 15 is 0 Å². The Labute approximate surface area is 241 Å². The first kappa shape index (κ1) is 31.3. The monoisotopic (exact) mass is 627 g/mol. The Morgan fingerprint density at radius 3 is 2.24 bits per heavy atom. The SMILES string of the molecule is COc1ccc(S(=O)(=O)N2CCOCC2)cc1NC(=O)CN(c1cccc(C(F)(F)F)c1)S(=O)(=O)c1ccc(C)cc1. The number of carbonyl (C=O) groups excluding carboxylic acids is 1. The molecule has 0 atom stereocenters. The van der Waals surface area contributed by atoms with E-state index in [4.69, 9.17) is 9.47 Å². The first-order valence-electron chi connectivity index (χ1n) is 12.6. The molecule has 226 valence electrons. The fraction of sp³-hybridized carbons (Fsp3) is 0.296. The molecule has 1 aliphatic heterocycles. The Bertz CT molecular complexity index is 1660. The van der Waals surface area contributed by atoms with Crippen molar-refractivity contribution >= 4 is 37.3 Å². The van der Waals surface area contributed by atoms with Crippen molar-refractivity contribution in [1.82, 2.24) is 4.31 Å². The van der Waals surface area contributed by atoms with Crippen molar-refractivity contribution in [2.24, 2.45) is 0 Å². The summed E-state index contributed by atoms with van der Waals surface area (Å²) < 4.78 is 106. The third kappa shape index (κ3) is 6.86. The lowest BCUT2D eigenvalue weighted by Gasteiger charge is -2.26. The zero-order valence-corrected chi connectivity index (χ0v) is 24.2. The molecule has 1 amide bonds. The summed E-state index contributed by atoms with van der Waals surface area (Å²) in [7, 11) is -7.19. The van der Waals surface area contributed by atoms with Gasteiger partial charge in [-0.2, -0.15) is 17.5 Å². The van der Waals surface area contributed by atoms with Crippen molar-refractivity contribution in [3.05, 3.63) is 77.9 Å². The lowest BCUT2D eigenvalue weighted by Crippen LogP contribution is -2.40. The van der Waals surface area contributed by atoms with Gasteiger partial charge in [0.05, 0.1) is 47.1 Å². The van der Waals surface area contributed by atoms with Crippen LogP contribution in [-0.4, -0.2) is 67.0 Å². The number of morpholine rings is 1. The van der Waals surface area contributed by atoms with Gasteiger partial charge in [-0.15, -0.1) is 0 Å². The van der Waals surface area contributed by atoms with E-state index in [1.807, 2.05) is 0 Å². The number of ether oxygens (including phenoxy) is 2. The Morgan fingerprint density at radius 1 is 0.976 bits per heavy atom. The van der Waals surface area contributed by atoms with E-state index in [-0.39, 0.29) is 47.5 Å². The molecule has 0 bridgehead atoms. The van der Waals surface area contributed by atoms with E-state index in [1.165, 1.54) is 53.9 Å². The Balaban J connectivity index is 1.69. The minimum absolute atomic E-state index is 0.0754. The van der Waals surface area contributed by atoms with Gasteiger partial charge in [0.1, 0.15) is 12.3 Å². The maximum absolute atomic E-state index is 13.6. The summed E-state index contributed by atoms with van der Waals surface area (Å²) in [6.07, 6.45) is -4.77. The number of benzene rings is 3. The number of carbonyl (C=O) groups is 1. The van der Waals surface area contributed by atoms with E-state index in [2.05, 4.69) is 5.32 Å². The van der Waals surface area contributed by atoms with Crippen LogP contribution in [0.3, 0.4) is 0 Å². The molecule has 15 heteroatoms. The number of anilines is 2. The second-order valence-electron chi connectivity index (χ2n) is 9.30. The molecule has 1 aliphatic rings.